The third-order valence-corrected chi connectivity index (χ3v) is 3.71. The maximum atomic E-state index is 12.3. The molecule has 0 unspecified atom stereocenters. The molecule has 1 saturated carbocycles. The minimum Gasteiger partial charge on any atom is -0.465 e. The monoisotopic (exact) mass is 275 g/mol. The number of anilines is 1. The summed E-state index contributed by atoms with van der Waals surface area (Å²) in [5.74, 6) is 0.764. The SMILES string of the molecule is COC(=O)c1ccnc(N2CCN(CC3CC3)C2=O)c1. The van der Waals surface area contributed by atoms with Crippen molar-refractivity contribution in [1.29, 1.82) is 0 Å². The Kier molecular flexibility index (Phi) is 3.30. The van der Waals surface area contributed by atoms with E-state index in [0.29, 0.717) is 23.8 Å². The first-order valence-corrected chi connectivity index (χ1v) is 6.80. The lowest BCUT2D eigenvalue weighted by molar-refractivity contribution is 0.0600. The molecular weight excluding hydrogens is 258 g/mol. The topological polar surface area (TPSA) is 62.7 Å². The van der Waals surface area contributed by atoms with Gasteiger partial charge in [0.25, 0.3) is 0 Å². The number of aromatic nitrogens is 1. The molecule has 1 aromatic rings. The zero-order valence-corrected chi connectivity index (χ0v) is 11.4. The molecule has 20 heavy (non-hydrogen) atoms. The Morgan fingerprint density at radius 3 is 2.95 bits per heavy atom. The van der Waals surface area contributed by atoms with Crippen LogP contribution in [-0.4, -0.2) is 48.6 Å². The number of carbonyl (C=O) groups is 2. The number of hydrogen-bond donors (Lipinski definition) is 0. The van der Waals surface area contributed by atoms with E-state index in [9.17, 15) is 9.59 Å². The highest BCUT2D eigenvalue weighted by molar-refractivity contribution is 5.95. The largest absolute Gasteiger partial charge is 0.465 e. The molecule has 6 nitrogen and oxygen atoms in total. The van der Waals surface area contributed by atoms with Crippen molar-refractivity contribution in [1.82, 2.24) is 9.88 Å². The number of pyridine rings is 1. The quantitative estimate of drug-likeness (QED) is 0.782. The van der Waals surface area contributed by atoms with E-state index in [1.807, 2.05) is 4.90 Å². The molecule has 6 heteroatoms. The molecule has 3 rings (SSSR count). The number of esters is 1. The molecule has 2 aliphatic rings. The smallest absolute Gasteiger partial charge is 0.338 e. The van der Waals surface area contributed by atoms with Gasteiger partial charge in [0.05, 0.1) is 12.7 Å². The lowest BCUT2D eigenvalue weighted by Crippen LogP contribution is -2.33. The van der Waals surface area contributed by atoms with Crippen molar-refractivity contribution in [2.45, 2.75) is 12.8 Å². The van der Waals surface area contributed by atoms with E-state index in [1.54, 1.807) is 17.0 Å². The molecule has 0 radical (unpaired) electrons. The summed E-state index contributed by atoms with van der Waals surface area (Å²) < 4.78 is 4.68. The Balaban J connectivity index is 1.75. The second-order valence-corrected chi connectivity index (χ2v) is 5.22. The molecule has 106 valence electrons. The zero-order chi connectivity index (χ0) is 14.1. The molecule has 0 aromatic carbocycles. The average Bonchev–Trinajstić information content (AvgIpc) is 3.22. The number of urea groups is 1. The number of carbonyl (C=O) groups excluding carboxylic acids is 2. The average molecular weight is 275 g/mol. The van der Waals surface area contributed by atoms with Crippen molar-refractivity contribution >= 4 is 17.8 Å². The summed E-state index contributed by atoms with van der Waals surface area (Å²) in [5.41, 5.74) is 0.408. The summed E-state index contributed by atoms with van der Waals surface area (Å²) in [6.45, 7) is 2.18. The summed E-state index contributed by atoms with van der Waals surface area (Å²) in [6.07, 6.45) is 3.97. The first kappa shape index (κ1) is 12.9. The summed E-state index contributed by atoms with van der Waals surface area (Å²) in [7, 11) is 1.33. The van der Waals surface area contributed by atoms with E-state index in [1.165, 1.54) is 26.1 Å². The van der Waals surface area contributed by atoms with Crippen LogP contribution in [0.3, 0.4) is 0 Å². The molecule has 1 saturated heterocycles. The van der Waals surface area contributed by atoms with Gasteiger partial charge in [0.2, 0.25) is 0 Å². The lowest BCUT2D eigenvalue weighted by atomic mass is 10.2. The number of rotatable bonds is 4. The van der Waals surface area contributed by atoms with Crippen LogP contribution in [0.2, 0.25) is 0 Å². The van der Waals surface area contributed by atoms with Crippen LogP contribution in [0.15, 0.2) is 18.3 Å². The molecule has 2 heterocycles. The number of nitrogens with zero attached hydrogens (tertiary/aromatic N) is 3. The third-order valence-electron chi connectivity index (χ3n) is 3.71. The van der Waals surface area contributed by atoms with Gasteiger partial charge >= 0.3 is 12.0 Å². The molecular formula is C14H17N3O3. The number of amides is 2. The number of ether oxygens (including phenoxy) is 1. The Morgan fingerprint density at radius 1 is 1.45 bits per heavy atom. The van der Waals surface area contributed by atoms with Gasteiger partial charge in [0.1, 0.15) is 5.82 Å². The fourth-order valence-corrected chi connectivity index (χ4v) is 2.39. The normalized spacial score (nSPS) is 18.6. The maximum Gasteiger partial charge on any atom is 0.338 e. The highest BCUT2D eigenvalue weighted by Crippen LogP contribution is 2.31. The van der Waals surface area contributed by atoms with Gasteiger partial charge in [-0.05, 0) is 30.9 Å². The summed E-state index contributed by atoms with van der Waals surface area (Å²) >= 11 is 0. The van der Waals surface area contributed by atoms with Crippen molar-refractivity contribution in [3.05, 3.63) is 23.9 Å². The minimum atomic E-state index is -0.421. The zero-order valence-electron chi connectivity index (χ0n) is 11.4. The van der Waals surface area contributed by atoms with Crippen LogP contribution >= 0.6 is 0 Å². The standard InChI is InChI=1S/C14H17N3O3/c1-20-13(18)11-4-5-15-12(8-11)17-7-6-16(14(17)19)9-10-2-3-10/h4-5,8,10H,2-3,6-7,9H2,1H3. The van der Waals surface area contributed by atoms with Crippen molar-refractivity contribution in [3.63, 3.8) is 0 Å². The Morgan fingerprint density at radius 2 is 2.25 bits per heavy atom. The maximum absolute atomic E-state index is 12.3. The van der Waals surface area contributed by atoms with Gasteiger partial charge in [0.15, 0.2) is 0 Å². The fourth-order valence-electron chi connectivity index (χ4n) is 2.39. The van der Waals surface area contributed by atoms with Gasteiger partial charge in [-0.25, -0.2) is 14.6 Å². The van der Waals surface area contributed by atoms with Gasteiger partial charge < -0.3 is 9.64 Å². The molecule has 1 aliphatic heterocycles. The minimum absolute atomic E-state index is 0.0218. The number of hydrogen-bond acceptors (Lipinski definition) is 4. The van der Waals surface area contributed by atoms with Crippen LogP contribution in [0.1, 0.15) is 23.2 Å². The molecule has 2 fully saturated rings. The fraction of sp³-hybridized carbons (Fsp3) is 0.500. The van der Waals surface area contributed by atoms with Gasteiger partial charge in [0, 0.05) is 25.8 Å². The van der Waals surface area contributed by atoms with Crippen molar-refractivity contribution in [2.75, 3.05) is 31.6 Å². The summed E-state index contributed by atoms with van der Waals surface area (Å²) in [6, 6.07) is 3.16. The summed E-state index contributed by atoms with van der Waals surface area (Å²) in [4.78, 5) is 31.5. The molecule has 2 amide bonds. The van der Waals surface area contributed by atoms with E-state index < -0.39 is 5.97 Å². The predicted octanol–water partition coefficient (Wildman–Crippen LogP) is 1.52. The van der Waals surface area contributed by atoms with E-state index in [2.05, 4.69) is 9.72 Å². The van der Waals surface area contributed by atoms with Crippen LogP contribution in [0.5, 0.6) is 0 Å². The van der Waals surface area contributed by atoms with E-state index in [4.69, 9.17) is 0 Å². The van der Waals surface area contributed by atoms with E-state index >= 15 is 0 Å². The lowest BCUT2D eigenvalue weighted by Gasteiger charge is -2.18. The van der Waals surface area contributed by atoms with Gasteiger partial charge in [-0.2, -0.15) is 0 Å². The number of methoxy groups -OCH3 is 1. The van der Waals surface area contributed by atoms with Crippen molar-refractivity contribution < 1.29 is 14.3 Å². The van der Waals surface area contributed by atoms with E-state index in [-0.39, 0.29) is 6.03 Å². The van der Waals surface area contributed by atoms with Crippen LogP contribution in [-0.2, 0) is 4.74 Å². The second-order valence-electron chi connectivity index (χ2n) is 5.22. The van der Waals surface area contributed by atoms with Crippen molar-refractivity contribution in [3.8, 4) is 0 Å². The first-order chi connectivity index (χ1) is 9.69. The predicted molar refractivity (Wildman–Crippen MR) is 72.6 cm³/mol. The first-order valence-electron chi connectivity index (χ1n) is 6.80. The Hall–Kier alpha value is -2.11. The van der Waals surface area contributed by atoms with Crippen LogP contribution in [0.25, 0.3) is 0 Å². The van der Waals surface area contributed by atoms with Crippen LogP contribution in [0, 0.1) is 5.92 Å². The second kappa shape index (κ2) is 5.11. The van der Waals surface area contributed by atoms with Crippen LogP contribution in [0.4, 0.5) is 10.6 Å². The molecule has 1 aromatic heterocycles. The van der Waals surface area contributed by atoms with E-state index in [0.717, 1.165) is 13.1 Å². The highest BCUT2D eigenvalue weighted by Gasteiger charge is 2.34. The highest BCUT2D eigenvalue weighted by atomic mass is 16.5. The Labute approximate surface area is 117 Å². The van der Waals surface area contributed by atoms with Gasteiger partial charge in [-0.15, -0.1) is 0 Å². The molecule has 0 bridgehead atoms. The molecule has 0 atom stereocenters. The van der Waals surface area contributed by atoms with Gasteiger partial charge in [-0.3, -0.25) is 4.90 Å². The third kappa shape index (κ3) is 2.45. The van der Waals surface area contributed by atoms with Crippen molar-refractivity contribution in [2.24, 2.45) is 5.92 Å². The molecule has 1 aliphatic carbocycles. The molecule has 0 spiro atoms. The van der Waals surface area contributed by atoms with Gasteiger partial charge in [-0.1, -0.05) is 0 Å². The van der Waals surface area contributed by atoms with Crippen LogP contribution < -0.4 is 4.90 Å². The summed E-state index contributed by atoms with van der Waals surface area (Å²) in [5, 5.41) is 0. The molecule has 0 N–H and O–H groups in total. The Bertz CT molecular complexity index is 542.